The van der Waals surface area contributed by atoms with Gasteiger partial charge in [0.1, 0.15) is 0 Å². The van der Waals surface area contributed by atoms with Crippen LogP contribution in [0.3, 0.4) is 0 Å². The Morgan fingerprint density at radius 1 is 1.19 bits per heavy atom. The Hall–Kier alpha value is -0.0800. The van der Waals surface area contributed by atoms with Gasteiger partial charge in [-0.3, -0.25) is 0 Å². The van der Waals surface area contributed by atoms with Crippen molar-refractivity contribution in [1.29, 1.82) is 0 Å². The van der Waals surface area contributed by atoms with Gasteiger partial charge >= 0.3 is 0 Å². The molecule has 1 atom stereocenters. The Morgan fingerprint density at radius 2 is 1.88 bits per heavy atom. The number of hydrogen-bond acceptors (Lipinski definition) is 2. The van der Waals surface area contributed by atoms with Crippen molar-refractivity contribution in [2.45, 2.75) is 76.4 Å². The second-order valence-electron chi connectivity index (χ2n) is 5.82. The monoisotopic (exact) mass is 224 g/mol. The zero-order valence-corrected chi connectivity index (χ0v) is 11.0. The van der Waals surface area contributed by atoms with E-state index < -0.39 is 0 Å². The summed E-state index contributed by atoms with van der Waals surface area (Å²) in [5.74, 6) is 0. The first kappa shape index (κ1) is 12.4. The van der Waals surface area contributed by atoms with E-state index in [2.05, 4.69) is 24.2 Å². The van der Waals surface area contributed by atoms with Crippen LogP contribution < -0.4 is 5.32 Å². The normalized spacial score (nSPS) is 24.2. The Balaban J connectivity index is 1.55. The van der Waals surface area contributed by atoms with E-state index in [1.807, 2.05) is 0 Å². The molecule has 2 aliphatic rings. The van der Waals surface area contributed by atoms with E-state index in [1.54, 1.807) is 0 Å². The summed E-state index contributed by atoms with van der Waals surface area (Å²) >= 11 is 0. The van der Waals surface area contributed by atoms with Gasteiger partial charge in [0.15, 0.2) is 0 Å². The standard InChI is InChI=1S/C14H28N2/c1-12(6-5-11-15-13-9-10-13)16(2)14-7-3-4-8-14/h12-15H,3-11H2,1-2H3. The first-order valence-electron chi connectivity index (χ1n) is 7.22. The summed E-state index contributed by atoms with van der Waals surface area (Å²) in [4.78, 5) is 2.63. The Morgan fingerprint density at radius 3 is 2.50 bits per heavy atom. The highest BCUT2D eigenvalue weighted by molar-refractivity contribution is 4.81. The van der Waals surface area contributed by atoms with E-state index in [0.29, 0.717) is 0 Å². The van der Waals surface area contributed by atoms with Crippen molar-refractivity contribution in [1.82, 2.24) is 10.2 Å². The highest BCUT2D eigenvalue weighted by Crippen LogP contribution is 2.24. The summed E-state index contributed by atoms with van der Waals surface area (Å²) in [5.41, 5.74) is 0. The largest absolute Gasteiger partial charge is 0.314 e. The molecule has 2 fully saturated rings. The molecule has 0 bridgehead atoms. The van der Waals surface area contributed by atoms with Gasteiger partial charge in [-0.2, -0.15) is 0 Å². The number of nitrogens with zero attached hydrogens (tertiary/aromatic N) is 1. The van der Waals surface area contributed by atoms with Gasteiger partial charge in [-0.1, -0.05) is 12.8 Å². The van der Waals surface area contributed by atoms with E-state index in [1.165, 1.54) is 57.9 Å². The lowest BCUT2D eigenvalue weighted by atomic mass is 10.1. The third-order valence-electron chi connectivity index (χ3n) is 4.40. The summed E-state index contributed by atoms with van der Waals surface area (Å²) in [7, 11) is 2.33. The maximum absolute atomic E-state index is 3.60. The maximum atomic E-state index is 3.60. The van der Waals surface area contributed by atoms with Gasteiger partial charge in [-0.25, -0.2) is 0 Å². The summed E-state index contributed by atoms with van der Waals surface area (Å²) in [6, 6.07) is 2.53. The van der Waals surface area contributed by atoms with Crippen molar-refractivity contribution in [3.63, 3.8) is 0 Å². The molecule has 0 aromatic carbocycles. The summed E-state index contributed by atoms with van der Waals surface area (Å²) in [5, 5.41) is 3.60. The Bertz CT molecular complexity index is 195. The average Bonchev–Trinajstić information content (AvgIpc) is 2.95. The van der Waals surface area contributed by atoms with Crippen LogP contribution in [0.15, 0.2) is 0 Å². The lowest BCUT2D eigenvalue weighted by Gasteiger charge is -2.30. The molecule has 2 nitrogen and oxygen atoms in total. The van der Waals surface area contributed by atoms with Crippen LogP contribution in [-0.4, -0.2) is 36.6 Å². The van der Waals surface area contributed by atoms with Crippen molar-refractivity contribution in [3.8, 4) is 0 Å². The molecule has 1 N–H and O–H groups in total. The fraction of sp³-hybridized carbons (Fsp3) is 1.00. The fourth-order valence-corrected chi connectivity index (χ4v) is 2.87. The predicted octanol–water partition coefficient (Wildman–Crippen LogP) is 2.78. The van der Waals surface area contributed by atoms with Crippen molar-refractivity contribution in [3.05, 3.63) is 0 Å². The van der Waals surface area contributed by atoms with E-state index in [-0.39, 0.29) is 0 Å². The van der Waals surface area contributed by atoms with Crippen molar-refractivity contribution in [2.24, 2.45) is 0 Å². The zero-order valence-electron chi connectivity index (χ0n) is 11.0. The maximum Gasteiger partial charge on any atom is 0.00950 e. The van der Waals surface area contributed by atoms with Gasteiger partial charge in [0.2, 0.25) is 0 Å². The van der Waals surface area contributed by atoms with Gasteiger partial charge in [0.05, 0.1) is 0 Å². The molecule has 94 valence electrons. The lowest BCUT2D eigenvalue weighted by Crippen LogP contribution is -2.37. The van der Waals surface area contributed by atoms with Gasteiger partial charge in [0, 0.05) is 18.1 Å². The third-order valence-corrected chi connectivity index (χ3v) is 4.40. The van der Waals surface area contributed by atoms with Crippen molar-refractivity contribution in [2.75, 3.05) is 13.6 Å². The fourth-order valence-electron chi connectivity index (χ4n) is 2.87. The van der Waals surface area contributed by atoms with Crippen LogP contribution in [0.2, 0.25) is 0 Å². The Kier molecular flexibility index (Phi) is 4.66. The molecule has 2 aliphatic carbocycles. The van der Waals surface area contributed by atoms with Gasteiger partial charge in [-0.15, -0.1) is 0 Å². The number of nitrogens with one attached hydrogen (secondary N) is 1. The van der Waals surface area contributed by atoms with E-state index in [0.717, 1.165) is 18.1 Å². The van der Waals surface area contributed by atoms with E-state index in [9.17, 15) is 0 Å². The minimum atomic E-state index is 0.768. The van der Waals surface area contributed by atoms with Gasteiger partial charge in [-0.05, 0) is 59.0 Å². The van der Waals surface area contributed by atoms with Crippen LogP contribution in [0, 0.1) is 0 Å². The topological polar surface area (TPSA) is 15.3 Å². The highest BCUT2D eigenvalue weighted by atomic mass is 15.2. The predicted molar refractivity (Wildman–Crippen MR) is 69.7 cm³/mol. The number of rotatable bonds is 7. The zero-order chi connectivity index (χ0) is 11.4. The quantitative estimate of drug-likeness (QED) is 0.669. The summed E-state index contributed by atoms with van der Waals surface area (Å²) < 4.78 is 0. The molecular weight excluding hydrogens is 196 g/mol. The molecule has 0 aromatic heterocycles. The smallest absolute Gasteiger partial charge is 0.00950 e. The first-order chi connectivity index (χ1) is 7.77. The van der Waals surface area contributed by atoms with Gasteiger partial charge < -0.3 is 10.2 Å². The highest BCUT2D eigenvalue weighted by Gasteiger charge is 2.23. The van der Waals surface area contributed by atoms with E-state index >= 15 is 0 Å². The molecule has 0 aliphatic heterocycles. The molecule has 1 unspecified atom stereocenters. The number of hydrogen-bond donors (Lipinski definition) is 1. The van der Waals surface area contributed by atoms with Crippen LogP contribution in [0.5, 0.6) is 0 Å². The van der Waals surface area contributed by atoms with Gasteiger partial charge in [0.25, 0.3) is 0 Å². The molecule has 0 radical (unpaired) electrons. The molecule has 2 saturated carbocycles. The first-order valence-corrected chi connectivity index (χ1v) is 7.22. The molecule has 0 aromatic rings. The third kappa shape index (κ3) is 3.74. The van der Waals surface area contributed by atoms with Crippen LogP contribution >= 0.6 is 0 Å². The van der Waals surface area contributed by atoms with Crippen LogP contribution in [0.4, 0.5) is 0 Å². The lowest BCUT2D eigenvalue weighted by molar-refractivity contribution is 0.176. The van der Waals surface area contributed by atoms with Crippen LogP contribution in [0.25, 0.3) is 0 Å². The molecule has 0 amide bonds. The van der Waals surface area contributed by atoms with Crippen LogP contribution in [0.1, 0.15) is 58.3 Å². The summed E-state index contributed by atoms with van der Waals surface area (Å²) in [6.45, 7) is 3.63. The van der Waals surface area contributed by atoms with E-state index in [4.69, 9.17) is 0 Å². The van der Waals surface area contributed by atoms with Crippen molar-refractivity contribution >= 4 is 0 Å². The van der Waals surface area contributed by atoms with Crippen molar-refractivity contribution < 1.29 is 0 Å². The molecule has 0 saturated heterocycles. The molecule has 2 rings (SSSR count). The molecular formula is C14H28N2. The van der Waals surface area contributed by atoms with Crippen LogP contribution in [-0.2, 0) is 0 Å². The Labute approximate surface area is 101 Å². The second kappa shape index (κ2) is 6.02. The SMILES string of the molecule is CC(CCCNC1CC1)N(C)C1CCCC1. The molecule has 16 heavy (non-hydrogen) atoms. The molecule has 0 heterocycles. The minimum Gasteiger partial charge on any atom is -0.314 e. The second-order valence-corrected chi connectivity index (χ2v) is 5.82. The average molecular weight is 224 g/mol. The molecule has 0 spiro atoms. The minimum absolute atomic E-state index is 0.768. The summed E-state index contributed by atoms with van der Waals surface area (Å²) in [6.07, 6.45) is 11.3. The molecule has 2 heteroatoms.